The summed E-state index contributed by atoms with van der Waals surface area (Å²) in [6, 6.07) is 17.4. The van der Waals surface area contributed by atoms with Crippen LogP contribution in [-0.2, 0) is 10.0 Å². The Bertz CT molecular complexity index is 1350. The SMILES string of the molecule is Cc1cc(S(=O)(=O)Nc2cccc(-c3ccc(C(=O)NCC#N)c(C)c3)c2)c(C)cc1Cl. The second-order valence-corrected chi connectivity index (χ2v) is 9.48. The van der Waals surface area contributed by atoms with Crippen LogP contribution in [0.5, 0.6) is 0 Å². The molecule has 164 valence electrons. The molecule has 2 N–H and O–H groups in total. The maximum atomic E-state index is 13.0. The number of halogens is 1. The summed E-state index contributed by atoms with van der Waals surface area (Å²) in [6.07, 6.45) is 0. The lowest BCUT2D eigenvalue weighted by molar-refractivity contribution is 0.0958. The van der Waals surface area contributed by atoms with Crippen LogP contribution in [0, 0.1) is 32.1 Å². The molecule has 0 atom stereocenters. The molecule has 0 aliphatic heterocycles. The predicted molar refractivity (Wildman–Crippen MR) is 126 cm³/mol. The number of carbonyl (C=O) groups excluding carboxylic acids is 1. The van der Waals surface area contributed by atoms with Crippen LogP contribution in [0.3, 0.4) is 0 Å². The van der Waals surface area contributed by atoms with Gasteiger partial charge in [-0.25, -0.2) is 8.42 Å². The summed E-state index contributed by atoms with van der Waals surface area (Å²) in [5.41, 5.74) is 4.51. The second kappa shape index (κ2) is 9.43. The maximum absolute atomic E-state index is 13.0. The van der Waals surface area contributed by atoms with Gasteiger partial charge in [-0.2, -0.15) is 5.26 Å². The Morgan fingerprint density at radius 3 is 2.38 bits per heavy atom. The lowest BCUT2D eigenvalue weighted by Gasteiger charge is -2.13. The summed E-state index contributed by atoms with van der Waals surface area (Å²) < 4.78 is 28.6. The number of anilines is 1. The fraction of sp³-hybridized carbons (Fsp3) is 0.167. The van der Waals surface area contributed by atoms with E-state index in [0.29, 0.717) is 27.4 Å². The van der Waals surface area contributed by atoms with Crippen LogP contribution >= 0.6 is 11.6 Å². The molecule has 0 radical (unpaired) electrons. The van der Waals surface area contributed by atoms with E-state index in [9.17, 15) is 13.2 Å². The molecule has 0 aromatic heterocycles. The number of nitrogens with one attached hydrogen (secondary N) is 2. The largest absolute Gasteiger partial charge is 0.339 e. The monoisotopic (exact) mass is 467 g/mol. The first-order chi connectivity index (χ1) is 15.1. The zero-order valence-corrected chi connectivity index (χ0v) is 19.4. The van der Waals surface area contributed by atoms with Crippen molar-refractivity contribution in [3.05, 3.63) is 81.9 Å². The number of amides is 1. The van der Waals surface area contributed by atoms with Crippen molar-refractivity contribution in [2.45, 2.75) is 25.7 Å². The summed E-state index contributed by atoms with van der Waals surface area (Å²) in [5, 5.41) is 11.7. The molecule has 0 fully saturated rings. The van der Waals surface area contributed by atoms with Gasteiger partial charge in [-0.15, -0.1) is 0 Å². The Morgan fingerprint density at radius 1 is 0.969 bits per heavy atom. The Kier molecular flexibility index (Phi) is 6.87. The molecule has 3 aromatic rings. The average molecular weight is 468 g/mol. The molecule has 0 heterocycles. The van der Waals surface area contributed by atoms with Gasteiger partial charge in [0, 0.05) is 16.3 Å². The normalized spacial score (nSPS) is 11.0. The molecule has 8 heteroatoms. The van der Waals surface area contributed by atoms with Gasteiger partial charge in [0.05, 0.1) is 11.0 Å². The van der Waals surface area contributed by atoms with E-state index in [1.54, 1.807) is 56.3 Å². The van der Waals surface area contributed by atoms with Crippen LogP contribution in [0.4, 0.5) is 5.69 Å². The third-order valence-corrected chi connectivity index (χ3v) is 6.92. The van der Waals surface area contributed by atoms with E-state index < -0.39 is 10.0 Å². The lowest BCUT2D eigenvalue weighted by Crippen LogP contribution is -2.24. The minimum absolute atomic E-state index is 0.0607. The van der Waals surface area contributed by atoms with E-state index in [1.807, 2.05) is 25.1 Å². The van der Waals surface area contributed by atoms with Crippen LogP contribution in [-0.4, -0.2) is 20.9 Å². The van der Waals surface area contributed by atoms with Crippen LogP contribution < -0.4 is 10.0 Å². The van der Waals surface area contributed by atoms with E-state index >= 15 is 0 Å². The molecular weight excluding hydrogens is 446 g/mol. The van der Waals surface area contributed by atoms with Gasteiger partial charge >= 0.3 is 0 Å². The van der Waals surface area contributed by atoms with Gasteiger partial charge in [-0.1, -0.05) is 35.9 Å². The quantitative estimate of drug-likeness (QED) is 0.499. The number of aryl methyl sites for hydroxylation is 3. The van der Waals surface area contributed by atoms with Gasteiger partial charge < -0.3 is 5.32 Å². The maximum Gasteiger partial charge on any atom is 0.262 e. The molecule has 0 unspecified atom stereocenters. The van der Waals surface area contributed by atoms with Crippen LogP contribution in [0.2, 0.25) is 5.02 Å². The summed E-state index contributed by atoms with van der Waals surface area (Å²) in [7, 11) is -3.81. The first-order valence-electron chi connectivity index (χ1n) is 9.78. The Hall–Kier alpha value is -3.34. The molecular formula is C24H22ClN3O3S. The average Bonchev–Trinajstić information content (AvgIpc) is 2.74. The van der Waals surface area contributed by atoms with Gasteiger partial charge in [0.2, 0.25) is 0 Å². The molecule has 0 saturated heterocycles. The van der Waals surface area contributed by atoms with Gasteiger partial charge in [0.1, 0.15) is 6.54 Å². The fourth-order valence-corrected chi connectivity index (χ4v) is 4.91. The van der Waals surface area contributed by atoms with Crippen LogP contribution in [0.25, 0.3) is 11.1 Å². The molecule has 0 spiro atoms. The summed E-state index contributed by atoms with van der Waals surface area (Å²) in [4.78, 5) is 12.3. The van der Waals surface area contributed by atoms with Gasteiger partial charge in [0.25, 0.3) is 15.9 Å². The van der Waals surface area contributed by atoms with Crippen molar-refractivity contribution >= 4 is 33.2 Å². The van der Waals surface area contributed by atoms with Crippen molar-refractivity contribution < 1.29 is 13.2 Å². The molecule has 6 nitrogen and oxygen atoms in total. The topological polar surface area (TPSA) is 99.1 Å². The van der Waals surface area contributed by atoms with Gasteiger partial charge in [-0.05, 0) is 78.9 Å². The molecule has 0 aliphatic carbocycles. The molecule has 3 rings (SSSR count). The molecule has 1 amide bonds. The molecule has 0 aliphatic rings. The highest BCUT2D eigenvalue weighted by Gasteiger charge is 2.19. The van der Waals surface area contributed by atoms with Crippen molar-refractivity contribution in [3.8, 4) is 17.2 Å². The van der Waals surface area contributed by atoms with E-state index in [0.717, 1.165) is 16.7 Å². The number of carbonyl (C=O) groups is 1. The number of hydrogen-bond acceptors (Lipinski definition) is 4. The highest BCUT2D eigenvalue weighted by atomic mass is 35.5. The van der Waals surface area contributed by atoms with Gasteiger partial charge in [-0.3, -0.25) is 9.52 Å². The van der Waals surface area contributed by atoms with Crippen molar-refractivity contribution in [3.63, 3.8) is 0 Å². The third kappa shape index (κ3) is 5.10. The minimum atomic E-state index is -3.81. The Balaban J connectivity index is 1.89. The smallest absolute Gasteiger partial charge is 0.262 e. The van der Waals surface area contributed by atoms with E-state index in [4.69, 9.17) is 16.9 Å². The Labute approximate surface area is 192 Å². The molecule has 0 bridgehead atoms. The number of hydrogen-bond donors (Lipinski definition) is 2. The standard InChI is InChI=1S/C24H22ClN3O3S/c1-15-11-19(7-8-21(15)24(29)27-10-9-26)18-5-4-6-20(14-18)28-32(30,31)23-13-16(2)22(25)12-17(23)3/h4-8,11-14,28H,10H2,1-3H3,(H,27,29). The lowest BCUT2D eigenvalue weighted by atomic mass is 9.99. The van der Waals surface area contributed by atoms with Crippen LogP contribution in [0.15, 0.2) is 59.5 Å². The second-order valence-electron chi connectivity index (χ2n) is 7.42. The number of sulfonamides is 1. The molecule has 3 aromatic carbocycles. The first-order valence-corrected chi connectivity index (χ1v) is 11.6. The molecule has 0 saturated carbocycles. The predicted octanol–water partition coefficient (Wildman–Crippen LogP) is 4.99. The first kappa shape index (κ1) is 23.3. The van der Waals surface area contributed by atoms with E-state index in [2.05, 4.69) is 10.0 Å². The number of nitrogens with zero attached hydrogens (tertiary/aromatic N) is 1. The van der Waals surface area contributed by atoms with Crippen molar-refractivity contribution in [1.29, 1.82) is 5.26 Å². The fourth-order valence-electron chi connectivity index (χ4n) is 3.33. The van der Waals surface area contributed by atoms with E-state index in [1.165, 1.54) is 0 Å². The number of benzene rings is 3. The molecule has 32 heavy (non-hydrogen) atoms. The summed E-state index contributed by atoms with van der Waals surface area (Å²) in [5.74, 6) is -0.314. The van der Waals surface area contributed by atoms with Crippen molar-refractivity contribution in [1.82, 2.24) is 5.32 Å². The van der Waals surface area contributed by atoms with Crippen molar-refractivity contribution in [2.24, 2.45) is 0 Å². The zero-order chi connectivity index (χ0) is 23.5. The van der Waals surface area contributed by atoms with Gasteiger partial charge in [0.15, 0.2) is 0 Å². The zero-order valence-electron chi connectivity index (χ0n) is 17.9. The van der Waals surface area contributed by atoms with E-state index in [-0.39, 0.29) is 17.3 Å². The highest BCUT2D eigenvalue weighted by molar-refractivity contribution is 7.92. The number of nitriles is 1. The summed E-state index contributed by atoms with van der Waals surface area (Å²) >= 11 is 6.10. The van der Waals surface area contributed by atoms with Crippen molar-refractivity contribution in [2.75, 3.05) is 11.3 Å². The summed E-state index contributed by atoms with van der Waals surface area (Å²) in [6.45, 7) is 5.21. The number of rotatable bonds is 6. The highest BCUT2D eigenvalue weighted by Crippen LogP contribution is 2.28. The third-order valence-electron chi connectivity index (χ3n) is 4.99. The van der Waals surface area contributed by atoms with Crippen LogP contribution in [0.1, 0.15) is 27.0 Å². The Morgan fingerprint density at radius 2 is 1.69 bits per heavy atom. The minimum Gasteiger partial charge on any atom is -0.339 e.